The Bertz CT molecular complexity index is 866. The maximum atomic E-state index is 12.8. The molecular weight excluding hydrogens is 276 g/mol. The van der Waals surface area contributed by atoms with Gasteiger partial charge in [-0.2, -0.15) is 0 Å². The highest BCUT2D eigenvalue weighted by Gasteiger charge is 2.26. The van der Waals surface area contributed by atoms with Crippen LogP contribution in [-0.4, -0.2) is 24.5 Å². The van der Waals surface area contributed by atoms with Crippen LogP contribution in [0.4, 0.5) is 5.69 Å². The molecule has 0 atom stereocenters. The molecule has 0 aliphatic carbocycles. The van der Waals surface area contributed by atoms with Crippen LogP contribution < -0.4 is 9.64 Å². The molecule has 1 aliphatic heterocycles. The Hall–Kier alpha value is -2.75. The highest BCUT2D eigenvalue weighted by molar-refractivity contribution is 6.09. The first-order valence-electron chi connectivity index (χ1n) is 7.33. The summed E-state index contributed by atoms with van der Waals surface area (Å²) in [6.07, 6.45) is 0.908. The zero-order valence-corrected chi connectivity index (χ0v) is 12.3. The molecule has 22 heavy (non-hydrogen) atoms. The van der Waals surface area contributed by atoms with Crippen LogP contribution in [-0.2, 0) is 6.42 Å². The van der Waals surface area contributed by atoms with Crippen LogP contribution in [0.15, 0.2) is 48.5 Å². The smallest absolute Gasteiger partial charge is 0.274 e. The van der Waals surface area contributed by atoms with Gasteiger partial charge in [-0.3, -0.25) is 4.79 Å². The van der Waals surface area contributed by atoms with E-state index < -0.39 is 0 Å². The number of fused-ring (bicyclic) bond motifs is 2. The van der Waals surface area contributed by atoms with E-state index in [1.165, 1.54) is 5.56 Å². The Morgan fingerprint density at radius 2 is 2.05 bits per heavy atom. The molecule has 0 unspecified atom stereocenters. The Morgan fingerprint density at radius 1 is 1.18 bits per heavy atom. The summed E-state index contributed by atoms with van der Waals surface area (Å²) in [6, 6.07) is 15.7. The number of para-hydroxylation sites is 1. The number of anilines is 1. The van der Waals surface area contributed by atoms with Crippen LogP contribution in [0, 0.1) is 0 Å². The van der Waals surface area contributed by atoms with E-state index in [1.807, 2.05) is 47.4 Å². The number of H-pyrrole nitrogens is 1. The van der Waals surface area contributed by atoms with Crippen molar-refractivity contribution in [1.29, 1.82) is 0 Å². The predicted octanol–water partition coefficient (Wildman–Crippen LogP) is 3.38. The van der Waals surface area contributed by atoms with Gasteiger partial charge in [0.1, 0.15) is 11.4 Å². The average Bonchev–Trinajstić information content (AvgIpc) is 3.17. The van der Waals surface area contributed by atoms with Crippen molar-refractivity contribution in [3.63, 3.8) is 0 Å². The number of hydrogen-bond acceptors (Lipinski definition) is 2. The van der Waals surface area contributed by atoms with E-state index in [4.69, 9.17) is 4.74 Å². The maximum absolute atomic E-state index is 12.8. The fourth-order valence-corrected chi connectivity index (χ4v) is 3.12. The molecule has 1 aliphatic rings. The molecule has 2 aromatic carbocycles. The molecule has 1 N–H and O–H groups in total. The number of benzene rings is 2. The van der Waals surface area contributed by atoms with Crippen LogP contribution in [0.1, 0.15) is 16.1 Å². The second-order valence-corrected chi connectivity index (χ2v) is 5.44. The third kappa shape index (κ3) is 1.88. The van der Waals surface area contributed by atoms with Gasteiger partial charge in [-0.25, -0.2) is 0 Å². The van der Waals surface area contributed by atoms with Gasteiger partial charge in [0.25, 0.3) is 5.91 Å². The fourth-order valence-electron chi connectivity index (χ4n) is 3.12. The van der Waals surface area contributed by atoms with Gasteiger partial charge in [0.15, 0.2) is 0 Å². The van der Waals surface area contributed by atoms with Gasteiger partial charge >= 0.3 is 0 Å². The van der Waals surface area contributed by atoms with Gasteiger partial charge in [0, 0.05) is 23.1 Å². The minimum absolute atomic E-state index is 0.00297. The van der Waals surface area contributed by atoms with Crippen LogP contribution in [0.2, 0.25) is 0 Å². The van der Waals surface area contributed by atoms with Crippen molar-refractivity contribution < 1.29 is 9.53 Å². The first kappa shape index (κ1) is 13.0. The second kappa shape index (κ2) is 4.91. The molecule has 0 saturated carbocycles. The number of carbonyl (C=O) groups excluding carboxylic acids is 1. The standard InChI is InChI=1S/C18H16N2O2/c1-22-17-8-4-6-14-13(17)11-15(19-14)18(21)20-10-9-12-5-2-3-7-16(12)20/h2-8,11,19H,9-10H2,1H3. The highest BCUT2D eigenvalue weighted by Crippen LogP contribution is 2.31. The molecule has 2 heterocycles. The highest BCUT2D eigenvalue weighted by atomic mass is 16.5. The zero-order chi connectivity index (χ0) is 15.1. The van der Waals surface area contributed by atoms with E-state index in [1.54, 1.807) is 7.11 Å². The lowest BCUT2D eigenvalue weighted by molar-refractivity contribution is 0.0985. The van der Waals surface area contributed by atoms with Crippen molar-refractivity contribution in [2.24, 2.45) is 0 Å². The van der Waals surface area contributed by atoms with E-state index >= 15 is 0 Å². The fraction of sp³-hybridized carbons (Fsp3) is 0.167. The number of rotatable bonds is 2. The molecule has 4 heteroatoms. The molecule has 1 aromatic heterocycles. The molecule has 4 rings (SSSR count). The van der Waals surface area contributed by atoms with Crippen molar-refractivity contribution in [3.05, 3.63) is 59.8 Å². The third-order valence-corrected chi connectivity index (χ3v) is 4.21. The first-order valence-corrected chi connectivity index (χ1v) is 7.33. The van der Waals surface area contributed by atoms with Crippen LogP contribution >= 0.6 is 0 Å². The van der Waals surface area contributed by atoms with E-state index in [0.717, 1.165) is 35.3 Å². The summed E-state index contributed by atoms with van der Waals surface area (Å²) in [5.74, 6) is 0.776. The number of nitrogens with one attached hydrogen (secondary N) is 1. The summed E-state index contributed by atoms with van der Waals surface area (Å²) in [5.41, 5.74) is 3.74. The molecule has 0 saturated heterocycles. The quantitative estimate of drug-likeness (QED) is 0.787. The number of aromatic nitrogens is 1. The third-order valence-electron chi connectivity index (χ3n) is 4.21. The largest absolute Gasteiger partial charge is 0.496 e. The number of methoxy groups -OCH3 is 1. The Morgan fingerprint density at radius 3 is 2.91 bits per heavy atom. The van der Waals surface area contributed by atoms with Crippen molar-refractivity contribution in [3.8, 4) is 5.75 Å². The SMILES string of the molecule is COc1cccc2[nH]c(C(=O)N3CCc4ccccc43)cc12. The molecule has 0 bridgehead atoms. The van der Waals surface area contributed by atoms with Crippen LogP contribution in [0.25, 0.3) is 10.9 Å². The van der Waals surface area contributed by atoms with Crippen molar-refractivity contribution in [1.82, 2.24) is 4.98 Å². The number of hydrogen-bond donors (Lipinski definition) is 1. The lowest BCUT2D eigenvalue weighted by atomic mass is 10.2. The average molecular weight is 292 g/mol. The summed E-state index contributed by atoms with van der Waals surface area (Å²) in [5, 5.41) is 0.931. The summed E-state index contributed by atoms with van der Waals surface area (Å²) < 4.78 is 5.36. The molecule has 4 nitrogen and oxygen atoms in total. The van der Waals surface area contributed by atoms with Gasteiger partial charge < -0.3 is 14.6 Å². The van der Waals surface area contributed by atoms with Crippen LogP contribution in [0.5, 0.6) is 5.75 Å². The van der Waals surface area contributed by atoms with Crippen molar-refractivity contribution >= 4 is 22.5 Å². The molecule has 1 amide bonds. The van der Waals surface area contributed by atoms with Gasteiger partial charge in [-0.15, -0.1) is 0 Å². The molecule has 3 aromatic rings. The predicted molar refractivity (Wildman–Crippen MR) is 86.7 cm³/mol. The molecule has 0 spiro atoms. The number of amides is 1. The molecule has 0 fully saturated rings. The molecule has 110 valence electrons. The van der Waals surface area contributed by atoms with E-state index in [2.05, 4.69) is 11.1 Å². The van der Waals surface area contributed by atoms with Gasteiger partial charge in [-0.05, 0) is 36.2 Å². The maximum Gasteiger partial charge on any atom is 0.274 e. The number of nitrogens with zero attached hydrogens (tertiary/aromatic N) is 1. The topological polar surface area (TPSA) is 45.3 Å². The van der Waals surface area contributed by atoms with E-state index in [9.17, 15) is 4.79 Å². The van der Waals surface area contributed by atoms with Crippen molar-refractivity contribution in [2.75, 3.05) is 18.6 Å². The lowest BCUT2D eigenvalue weighted by Crippen LogP contribution is -2.29. The summed E-state index contributed by atoms with van der Waals surface area (Å²) in [7, 11) is 1.64. The Kier molecular flexibility index (Phi) is 2.89. The lowest BCUT2D eigenvalue weighted by Gasteiger charge is -2.16. The normalized spacial score (nSPS) is 13.4. The first-order chi connectivity index (χ1) is 10.8. The monoisotopic (exact) mass is 292 g/mol. The Labute approximate surface area is 128 Å². The van der Waals surface area contributed by atoms with Gasteiger partial charge in [0.05, 0.1) is 7.11 Å². The van der Waals surface area contributed by atoms with Crippen molar-refractivity contribution in [2.45, 2.75) is 6.42 Å². The Balaban J connectivity index is 1.75. The van der Waals surface area contributed by atoms with E-state index in [-0.39, 0.29) is 5.91 Å². The van der Waals surface area contributed by atoms with Crippen LogP contribution in [0.3, 0.4) is 0 Å². The minimum Gasteiger partial charge on any atom is -0.496 e. The zero-order valence-electron chi connectivity index (χ0n) is 12.3. The molecule has 0 radical (unpaired) electrons. The summed E-state index contributed by atoms with van der Waals surface area (Å²) in [6.45, 7) is 0.727. The number of carbonyl (C=O) groups is 1. The van der Waals surface area contributed by atoms with Gasteiger partial charge in [0.2, 0.25) is 0 Å². The summed E-state index contributed by atoms with van der Waals surface area (Å²) >= 11 is 0. The van der Waals surface area contributed by atoms with Gasteiger partial charge in [-0.1, -0.05) is 24.3 Å². The minimum atomic E-state index is 0.00297. The number of aromatic amines is 1. The molecular formula is C18H16N2O2. The number of ether oxygens (including phenoxy) is 1. The van der Waals surface area contributed by atoms with E-state index in [0.29, 0.717) is 5.69 Å². The second-order valence-electron chi connectivity index (χ2n) is 5.44. The summed E-state index contributed by atoms with van der Waals surface area (Å²) in [4.78, 5) is 17.9.